The summed E-state index contributed by atoms with van der Waals surface area (Å²) in [6.07, 6.45) is 0. The Hall–Kier alpha value is -2.52. The molecular formula is C20H18ClNO2. The minimum Gasteiger partial charge on any atom is -0.484 e. The summed E-state index contributed by atoms with van der Waals surface area (Å²) in [6.45, 7) is 2.36. The summed E-state index contributed by atoms with van der Waals surface area (Å²) < 4.78 is 5.49. The smallest absolute Gasteiger partial charge is 0.258 e. The number of carbonyl (C=O) groups is 1. The van der Waals surface area contributed by atoms with Gasteiger partial charge in [-0.1, -0.05) is 48.0 Å². The van der Waals surface area contributed by atoms with E-state index < -0.39 is 0 Å². The number of hydrogen-bond donors (Lipinski definition) is 1. The molecule has 0 aromatic heterocycles. The number of halogens is 1. The van der Waals surface area contributed by atoms with Gasteiger partial charge in [-0.15, -0.1) is 0 Å². The maximum Gasteiger partial charge on any atom is 0.258 e. The quantitative estimate of drug-likeness (QED) is 0.743. The van der Waals surface area contributed by atoms with Gasteiger partial charge in [0.25, 0.3) is 5.91 Å². The first kappa shape index (κ1) is 16.3. The van der Waals surface area contributed by atoms with E-state index in [4.69, 9.17) is 16.3 Å². The molecule has 0 aliphatic rings. The number of amides is 1. The van der Waals surface area contributed by atoms with Crippen LogP contribution in [0.2, 0.25) is 5.02 Å². The van der Waals surface area contributed by atoms with E-state index in [2.05, 4.69) is 29.6 Å². The lowest BCUT2D eigenvalue weighted by molar-refractivity contribution is -0.123. The van der Waals surface area contributed by atoms with Crippen molar-refractivity contribution in [3.8, 4) is 5.75 Å². The summed E-state index contributed by atoms with van der Waals surface area (Å²) in [5.74, 6) is 0.480. The first-order chi connectivity index (χ1) is 11.6. The Kier molecular flexibility index (Phi) is 5.02. The normalized spacial score (nSPS) is 10.6. The van der Waals surface area contributed by atoms with E-state index >= 15 is 0 Å². The van der Waals surface area contributed by atoms with Crippen molar-refractivity contribution >= 4 is 28.3 Å². The zero-order valence-electron chi connectivity index (χ0n) is 13.4. The Bertz CT molecular complexity index is 876. The molecule has 1 N–H and O–H groups in total. The van der Waals surface area contributed by atoms with Gasteiger partial charge in [-0.2, -0.15) is 0 Å². The van der Waals surface area contributed by atoms with E-state index in [-0.39, 0.29) is 12.5 Å². The highest BCUT2D eigenvalue weighted by molar-refractivity contribution is 6.31. The highest BCUT2D eigenvalue weighted by atomic mass is 35.5. The topological polar surface area (TPSA) is 38.3 Å². The fourth-order valence-corrected chi connectivity index (χ4v) is 2.57. The fraction of sp³-hybridized carbons (Fsp3) is 0.150. The van der Waals surface area contributed by atoms with Gasteiger partial charge in [0.15, 0.2) is 6.61 Å². The minimum atomic E-state index is -0.157. The summed E-state index contributed by atoms with van der Waals surface area (Å²) in [4.78, 5) is 11.9. The van der Waals surface area contributed by atoms with Crippen LogP contribution in [0, 0.1) is 6.92 Å². The van der Waals surface area contributed by atoms with E-state index in [1.807, 2.05) is 31.2 Å². The number of ether oxygens (including phenoxy) is 1. The minimum absolute atomic E-state index is 0.0192. The van der Waals surface area contributed by atoms with Gasteiger partial charge in [-0.05, 0) is 53.1 Å². The molecule has 0 unspecified atom stereocenters. The van der Waals surface area contributed by atoms with Gasteiger partial charge in [0, 0.05) is 11.6 Å². The highest BCUT2D eigenvalue weighted by Crippen LogP contribution is 2.21. The Morgan fingerprint density at radius 1 is 1.04 bits per heavy atom. The van der Waals surface area contributed by atoms with Gasteiger partial charge >= 0.3 is 0 Å². The van der Waals surface area contributed by atoms with Crippen molar-refractivity contribution in [1.82, 2.24) is 5.32 Å². The lowest BCUT2D eigenvalue weighted by Crippen LogP contribution is -2.28. The van der Waals surface area contributed by atoms with Gasteiger partial charge in [0.05, 0.1) is 0 Å². The summed E-state index contributed by atoms with van der Waals surface area (Å²) >= 11 is 5.97. The third-order valence-electron chi connectivity index (χ3n) is 3.80. The molecule has 4 heteroatoms. The van der Waals surface area contributed by atoms with Crippen LogP contribution in [0.1, 0.15) is 11.1 Å². The fourth-order valence-electron chi connectivity index (χ4n) is 2.46. The van der Waals surface area contributed by atoms with Crippen LogP contribution < -0.4 is 10.1 Å². The molecule has 0 heterocycles. The lowest BCUT2D eigenvalue weighted by atomic mass is 10.1. The zero-order valence-corrected chi connectivity index (χ0v) is 14.1. The van der Waals surface area contributed by atoms with Crippen LogP contribution in [0.15, 0.2) is 60.7 Å². The second-order valence-electron chi connectivity index (χ2n) is 5.66. The molecular weight excluding hydrogens is 322 g/mol. The van der Waals surface area contributed by atoms with Crippen molar-refractivity contribution < 1.29 is 9.53 Å². The van der Waals surface area contributed by atoms with E-state index in [0.717, 1.165) is 16.5 Å². The molecule has 0 bridgehead atoms. The summed E-state index contributed by atoms with van der Waals surface area (Å²) in [5, 5.41) is 5.91. The van der Waals surface area contributed by atoms with Gasteiger partial charge < -0.3 is 10.1 Å². The number of nitrogens with one attached hydrogen (secondary N) is 1. The van der Waals surface area contributed by atoms with E-state index in [1.54, 1.807) is 12.1 Å². The molecule has 122 valence electrons. The maximum atomic E-state index is 11.9. The van der Waals surface area contributed by atoms with Crippen molar-refractivity contribution in [3.63, 3.8) is 0 Å². The SMILES string of the molecule is Cc1cc(OCC(=O)NCc2ccc3ccccc3c2)ccc1Cl. The molecule has 0 atom stereocenters. The first-order valence-electron chi connectivity index (χ1n) is 7.75. The molecule has 1 amide bonds. The van der Waals surface area contributed by atoms with Gasteiger partial charge in [-0.25, -0.2) is 0 Å². The molecule has 3 aromatic carbocycles. The summed E-state index contributed by atoms with van der Waals surface area (Å²) in [6, 6.07) is 19.7. The average Bonchev–Trinajstić information content (AvgIpc) is 2.60. The summed E-state index contributed by atoms with van der Waals surface area (Å²) in [7, 11) is 0. The van der Waals surface area contributed by atoms with Gasteiger partial charge in [0.1, 0.15) is 5.75 Å². The molecule has 0 fully saturated rings. The van der Waals surface area contributed by atoms with Crippen molar-refractivity contribution in [2.24, 2.45) is 0 Å². The van der Waals surface area contributed by atoms with Crippen molar-refractivity contribution in [1.29, 1.82) is 0 Å². The highest BCUT2D eigenvalue weighted by Gasteiger charge is 2.05. The largest absolute Gasteiger partial charge is 0.484 e. The molecule has 3 aromatic rings. The van der Waals surface area contributed by atoms with Crippen LogP contribution in [-0.4, -0.2) is 12.5 Å². The average molecular weight is 340 g/mol. The van der Waals surface area contributed by atoms with Crippen LogP contribution >= 0.6 is 11.6 Å². The molecule has 0 saturated carbocycles. The Morgan fingerprint density at radius 2 is 1.83 bits per heavy atom. The second-order valence-corrected chi connectivity index (χ2v) is 6.07. The summed E-state index contributed by atoms with van der Waals surface area (Å²) in [5.41, 5.74) is 1.98. The predicted octanol–water partition coefficient (Wildman–Crippen LogP) is 4.50. The number of rotatable bonds is 5. The van der Waals surface area contributed by atoms with E-state index in [0.29, 0.717) is 17.3 Å². The van der Waals surface area contributed by atoms with Crippen LogP contribution in [0.4, 0.5) is 0 Å². The maximum absolute atomic E-state index is 11.9. The Labute approximate surface area is 146 Å². The molecule has 24 heavy (non-hydrogen) atoms. The number of benzene rings is 3. The van der Waals surface area contributed by atoms with Crippen molar-refractivity contribution in [2.45, 2.75) is 13.5 Å². The van der Waals surface area contributed by atoms with Crippen LogP contribution in [-0.2, 0) is 11.3 Å². The Balaban J connectivity index is 1.53. The molecule has 3 nitrogen and oxygen atoms in total. The number of aryl methyl sites for hydroxylation is 1. The molecule has 0 spiro atoms. The molecule has 0 aliphatic carbocycles. The molecule has 0 radical (unpaired) electrons. The second kappa shape index (κ2) is 7.37. The molecule has 0 aliphatic heterocycles. The van der Waals surface area contributed by atoms with Crippen LogP contribution in [0.5, 0.6) is 5.75 Å². The monoisotopic (exact) mass is 339 g/mol. The standard InChI is InChI=1S/C20H18ClNO2/c1-14-10-18(8-9-19(14)21)24-13-20(23)22-12-15-6-7-16-4-2-3-5-17(16)11-15/h2-11H,12-13H2,1H3,(H,22,23). The number of fused-ring (bicyclic) bond motifs is 1. The van der Waals surface area contributed by atoms with Crippen LogP contribution in [0.3, 0.4) is 0 Å². The van der Waals surface area contributed by atoms with Crippen molar-refractivity contribution in [2.75, 3.05) is 6.61 Å². The Morgan fingerprint density at radius 3 is 2.62 bits per heavy atom. The number of hydrogen-bond acceptors (Lipinski definition) is 2. The molecule has 3 rings (SSSR count). The number of carbonyl (C=O) groups excluding carboxylic acids is 1. The van der Waals surface area contributed by atoms with E-state index in [9.17, 15) is 4.79 Å². The zero-order chi connectivity index (χ0) is 16.9. The first-order valence-corrected chi connectivity index (χ1v) is 8.13. The predicted molar refractivity (Wildman–Crippen MR) is 97.5 cm³/mol. The molecule has 0 saturated heterocycles. The van der Waals surface area contributed by atoms with Crippen molar-refractivity contribution in [3.05, 3.63) is 76.8 Å². The van der Waals surface area contributed by atoms with Gasteiger partial charge in [-0.3, -0.25) is 4.79 Å². The van der Waals surface area contributed by atoms with Gasteiger partial charge in [0.2, 0.25) is 0 Å². The third-order valence-corrected chi connectivity index (χ3v) is 4.23. The van der Waals surface area contributed by atoms with E-state index in [1.165, 1.54) is 5.39 Å². The third kappa shape index (κ3) is 4.06. The van der Waals surface area contributed by atoms with Crippen LogP contribution in [0.25, 0.3) is 10.8 Å². The lowest BCUT2D eigenvalue weighted by Gasteiger charge is -2.09.